The Morgan fingerprint density at radius 1 is 1.35 bits per heavy atom. The summed E-state index contributed by atoms with van der Waals surface area (Å²) in [6.07, 6.45) is 3.31. The summed E-state index contributed by atoms with van der Waals surface area (Å²) in [5.74, 6) is -1.26. The highest BCUT2D eigenvalue weighted by Crippen LogP contribution is 2.18. The number of furan rings is 1. The summed E-state index contributed by atoms with van der Waals surface area (Å²) in [7, 11) is 0. The second-order valence-corrected chi connectivity index (χ2v) is 4.74. The van der Waals surface area contributed by atoms with E-state index in [1.165, 1.54) is 13.2 Å². The van der Waals surface area contributed by atoms with Gasteiger partial charge in [0, 0.05) is 6.04 Å². The van der Waals surface area contributed by atoms with Crippen LogP contribution >= 0.6 is 0 Å². The minimum Gasteiger partial charge on any atom is -0.467 e. The lowest BCUT2D eigenvalue weighted by Gasteiger charge is -2.13. The molecule has 3 amide bonds. The van der Waals surface area contributed by atoms with Gasteiger partial charge in [0.15, 0.2) is 0 Å². The molecule has 7 nitrogen and oxygen atoms in total. The molecule has 1 saturated carbocycles. The Hall–Kier alpha value is -2.31. The van der Waals surface area contributed by atoms with E-state index in [4.69, 9.17) is 4.42 Å². The van der Waals surface area contributed by atoms with Crippen LogP contribution in [0.1, 0.15) is 25.5 Å². The van der Waals surface area contributed by atoms with Crippen LogP contribution in [0.15, 0.2) is 22.8 Å². The van der Waals surface area contributed by atoms with E-state index in [2.05, 4.69) is 16.0 Å². The van der Waals surface area contributed by atoms with Crippen molar-refractivity contribution in [2.24, 2.45) is 0 Å². The second-order valence-electron chi connectivity index (χ2n) is 4.74. The fraction of sp³-hybridized carbons (Fsp3) is 0.462. The normalized spacial score (nSPS) is 15.2. The van der Waals surface area contributed by atoms with Crippen LogP contribution in [-0.4, -0.2) is 29.8 Å². The Kier molecular flexibility index (Phi) is 4.39. The molecule has 1 unspecified atom stereocenters. The fourth-order valence-corrected chi connectivity index (χ4v) is 1.55. The van der Waals surface area contributed by atoms with Crippen molar-refractivity contribution in [2.45, 2.75) is 38.4 Å². The molecule has 0 radical (unpaired) electrons. The Morgan fingerprint density at radius 2 is 2.10 bits per heavy atom. The molecule has 0 spiro atoms. The topological polar surface area (TPSA) is 100 Å². The number of amides is 3. The molecule has 0 saturated heterocycles. The van der Waals surface area contributed by atoms with Crippen molar-refractivity contribution in [3.05, 3.63) is 24.2 Å². The first kappa shape index (κ1) is 14.1. The van der Waals surface area contributed by atoms with E-state index in [0.717, 1.165) is 12.8 Å². The maximum atomic E-state index is 11.7. The van der Waals surface area contributed by atoms with E-state index in [9.17, 15) is 14.4 Å². The first-order valence-corrected chi connectivity index (χ1v) is 6.47. The SMILES string of the molecule is CC(NC(=O)C(=O)NC1CC1)C(=O)NCc1ccco1. The van der Waals surface area contributed by atoms with Gasteiger partial charge in [-0.2, -0.15) is 0 Å². The van der Waals surface area contributed by atoms with E-state index >= 15 is 0 Å². The molecule has 108 valence electrons. The standard InChI is InChI=1S/C13H17N3O4/c1-8(11(17)14-7-10-3-2-6-20-10)15-12(18)13(19)16-9-4-5-9/h2-3,6,8-9H,4-5,7H2,1H3,(H,14,17)(H,15,18)(H,16,19). The third-order valence-electron chi connectivity index (χ3n) is 2.88. The van der Waals surface area contributed by atoms with Crippen LogP contribution in [0.2, 0.25) is 0 Å². The number of hydrogen-bond donors (Lipinski definition) is 3. The third kappa shape index (κ3) is 4.11. The van der Waals surface area contributed by atoms with Gasteiger partial charge in [0.25, 0.3) is 0 Å². The van der Waals surface area contributed by atoms with E-state index in [1.807, 2.05) is 0 Å². The predicted octanol–water partition coefficient (Wildman–Crippen LogP) is -0.321. The molecule has 1 aromatic rings. The lowest BCUT2D eigenvalue weighted by atomic mass is 10.3. The molecule has 1 fully saturated rings. The van der Waals surface area contributed by atoms with Crippen LogP contribution in [0.25, 0.3) is 0 Å². The average molecular weight is 279 g/mol. The highest BCUT2D eigenvalue weighted by Gasteiger charge is 2.27. The molecule has 1 aliphatic carbocycles. The molecule has 0 aromatic carbocycles. The minimum absolute atomic E-state index is 0.108. The van der Waals surface area contributed by atoms with Crippen molar-refractivity contribution in [3.63, 3.8) is 0 Å². The van der Waals surface area contributed by atoms with Gasteiger partial charge in [-0.05, 0) is 31.9 Å². The Morgan fingerprint density at radius 3 is 2.70 bits per heavy atom. The summed E-state index contributed by atoms with van der Waals surface area (Å²) >= 11 is 0. The van der Waals surface area contributed by atoms with Crippen LogP contribution in [0.4, 0.5) is 0 Å². The number of carbonyl (C=O) groups is 3. The molecule has 1 aromatic heterocycles. The molecule has 1 heterocycles. The van der Waals surface area contributed by atoms with Crippen molar-refractivity contribution in [2.75, 3.05) is 0 Å². The maximum absolute atomic E-state index is 11.7. The van der Waals surface area contributed by atoms with Crippen molar-refractivity contribution in [1.82, 2.24) is 16.0 Å². The first-order chi connectivity index (χ1) is 9.56. The Labute approximate surface area is 116 Å². The van der Waals surface area contributed by atoms with Gasteiger partial charge in [0.1, 0.15) is 11.8 Å². The van der Waals surface area contributed by atoms with E-state index in [-0.39, 0.29) is 18.5 Å². The van der Waals surface area contributed by atoms with Gasteiger partial charge < -0.3 is 20.4 Å². The van der Waals surface area contributed by atoms with E-state index in [1.54, 1.807) is 12.1 Å². The van der Waals surface area contributed by atoms with Gasteiger partial charge in [-0.3, -0.25) is 14.4 Å². The van der Waals surface area contributed by atoms with Gasteiger partial charge in [-0.25, -0.2) is 0 Å². The molecule has 2 rings (SSSR count). The molecule has 3 N–H and O–H groups in total. The molecule has 1 atom stereocenters. The first-order valence-electron chi connectivity index (χ1n) is 6.47. The van der Waals surface area contributed by atoms with Gasteiger partial charge in [0.2, 0.25) is 5.91 Å². The zero-order chi connectivity index (χ0) is 14.5. The fourth-order valence-electron chi connectivity index (χ4n) is 1.55. The molecule has 1 aliphatic rings. The summed E-state index contributed by atoms with van der Waals surface area (Å²) in [5, 5.41) is 7.51. The largest absolute Gasteiger partial charge is 0.467 e. The predicted molar refractivity (Wildman–Crippen MR) is 69.3 cm³/mol. The minimum atomic E-state index is -0.794. The Balaban J connectivity index is 1.72. The summed E-state index contributed by atoms with van der Waals surface area (Å²) in [4.78, 5) is 34.7. The summed E-state index contributed by atoms with van der Waals surface area (Å²) in [6.45, 7) is 1.75. The maximum Gasteiger partial charge on any atom is 0.309 e. The highest BCUT2D eigenvalue weighted by atomic mass is 16.3. The second kappa shape index (κ2) is 6.23. The highest BCUT2D eigenvalue weighted by molar-refractivity contribution is 6.35. The Bertz CT molecular complexity index is 494. The molecule has 20 heavy (non-hydrogen) atoms. The molecule has 0 aliphatic heterocycles. The van der Waals surface area contributed by atoms with Crippen LogP contribution in [0, 0.1) is 0 Å². The monoisotopic (exact) mass is 279 g/mol. The van der Waals surface area contributed by atoms with Crippen LogP contribution < -0.4 is 16.0 Å². The molecular weight excluding hydrogens is 262 g/mol. The van der Waals surface area contributed by atoms with Crippen LogP contribution in [-0.2, 0) is 20.9 Å². The van der Waals surface area contributed by atoms with Crippen LogP contribution in [0.5, 0.6) is 0 Å². The molecule has 7 heteroatoms. The van der Waals surface area contributed by atoms with E-state index < -0.39 is 17.9 Å². The number of nitrogens with one attached hydrogen (secondary N) is 3. The number of rotatable bonds is 5. The lowest BCUT2D eigenvalue weighted by molar-refractivity contribution is -0.140. The summed E-state index contributed by atoms with van der Waals surface area (Å²) in [5.41, 5.74) is 0. The quantitative estimate of drug-likeness (QED) is 0.643. The van der Waals surface area contributed by atoms with Crippen molar-refractivity contribution in [3.8, 4) is 0 Å². The zero-order valence-corrected chi connectivity index (χ0v) is 11.1. The summed E-state index contributed by atoms with van der Waals surface area (Å²) in [6, 6.07) is 2.76. The van der Waals surface area contributed by atoms with Crippen molar-refractivity contribution >= 4 is 17.7 Å². The average Bonchev–Trinajstić information content (AvgIpc) is 3.07. The zero-order valence-electron chi connectivity index (χ0n) is 11.1. The van der Waals surface area contributed by atoms with E-state index in [0.29, 0.717) is 5.76 Å². The van der Waals surface area contributed by atoms with Gasteiger partial charge >= 0.3 is 11.8 Å². The number of hydrogen-bond acceptors (Lipinski definition) is 4. The molecule has 0 bridgehead atoms. The van der Waals surface area contributed by atoms with Gasteiger partial charge in [-0.1, -0.05) is 0 Å². The van der Waals surface area contributed by atoms with Crippen molar-refractivity contribution < 1.29 is 18.8 Å². The van der Waals surface area contributed by atoms with Gasteiger partial charge in [0.05, 0.1) is 12.8 Å². The third-order valence-corrected chi connectivity index (χ3v) is 2.88. The lowest BCUT2D eigenvalue weighted by Crippen LogP contribution is -2.49. The number of carbonyl (C=O) groups excluding carboxylic acids is 3. The van der Waals surface area contributed by atoms with Gasteiger partial charge in [-0.15, -0.1) is 0 Å². The summed E-state index contributed by atoms with van der Waals surface area (Å²) < 4.78 is 5.07. The smallest absolute Gasteiger partial charge is 0.309 e. The van der Waals surface area contributed by atoms with Crippen molar-refractivity contribution in [1.29, 1.82) is 0 Å². The van der Waals surface area contributed by atoms with Crippen LogP contribution in [0.3, 0.4) is 0 Å². The molecular formula is C13H17N3O4.